The third-order valence-electron chi connectivity index (χ3n) is 4.80. The minimum Gasteiger partial charge on any atom is -0.477 e. The summed E-state index contributed by atoms with van der Waals surface area (Å²) in [7, 11) is 0. The molecule has 0 unspecified atom stereocenters. The Kier molecular flexibility index (Phi) is 6.20. The monoisotopic (exact) mass is 473 g/mol. The summed E-state index contributed by atoms with van der Waals surface area (Å²) in [6.45, 7) is 3.23. The van der Waals surface area contributed by atoms with Gasteiger partial charge in [0.2, 0.25) is 0 Å². The first-order valence-corrected chi connectivity index (χ1v) is 9.76. The highest BCUT2D eigenvalue weighted by Crippen LogP contribution is 2.32. The molecule has 0 spiro atoms. The van der Waals surface area contributed by atoms with Gasteiger partial charge in [-0.2, -0.15) is 18.3 Å². The Hall–Kier alpha value is -2.78. The number of pyridine rings is 1. The molecule has 2 heterocycles. The van der Waals surface area contributed by atoms with Crippen molar-refractivity contribution in [1.82, 2.24) is 14.3 Å². The molecule has 0 amide bonds. The van der Waals surface area contributed by atoms with Crippen molar-refractivity contribution in [3.8, 4) is 11.3 Å². The second-order valence-corrected chi connectivity index (χ2v) is 7.51. The van der Waals surface area contributed by atoms with Crippen LogP contribution in [-0.2, 0) is 19.3 Å². The number of aromatic carboxylic acids is 1. The van der Waals surface area contributed by atoms with Crippen LogP contribution in [0.5, 0.6) is 0 Å². The number of benzene rings is 1. The molecule has 6 nitrogen and oxygen atoms in total. The lowest BCUT2D eigenvalue weighted by Gasteiger charge is -2.22. The summed E-state index contributed by atoms with van der Waals surface area (Å²) >= 11 is 12.0. The Bertz CT molecular complexity index is 1230. The molecular formula is C20H16Cl2F3N3O3. The van der Waals surface area contributed by atoms with Crippen LogP contribution < -0.4 is 5.43 Å². The largest absolute Gasteiger partial charge is 0.477 e. The lowest BCUT2D eigenvalue weighted by atomic mass is 10.00. The number of carboxylic acids is 1. The van der Waals surface area contributed by atoms with Gasteiger partial charge in [-0.15, -0.1) is 0 Å². The van der Waals surface area contributed by atoms with Gasteiger partial charge in [-0.05, 0) is 32.0 Å². The molecule has 3 rings (SSSR count). The summed E-state index contributed by atoms with van der Waals surface area (Å²) in [6, 6.07) is 5.26. The molecule has 0 saturated carbocycles. The molecule has 3 aromatic rings. The molecule has 0 bridgehead atoms. The summed E-state index contributed by atoms with van der Waals surface area (Å²) in [6.07, 6.45) is -3.46. The minimum absolute atomic E-state index is 0.0855. The molecular weight excluding hydrogens is 458 g/mol. The van der Waals surface area contributed by atoms with E-state index in [9.17, 15) is 27.9 Å². The maximum Gasteiger partial charge on any atom is 0.435 e. The fraction of sp³-hybridized carbons (Fsp3) is 0.250. The quantitative estimate of drug-likeness (QED) is 0.558. The lowest BCUT2D eigenvalue weighted by Crippen LogP contribution is -2.28. The van der Waals surface area contributed by atoms with Gasteiger partial charge in [0.15, 0.2) is 11.1 Å². The third-order valence-corrected chi connectivity index (χ3v) is 5.54. The maximum absolute atomic E-state index is 12.9. The molecule has 31 heavy (non-hydrogen) atoms. The number of halogens is 5. The third kappa shape index (κ3) is 4.33. The Balaban J connectivity index is 2.29. The zero-order valence-corrected chi connectivity index (χ0v) is 17.8. The predicted molar refractivity (Wildman–Crippen MR) is 110 cm³/mol. The van der Waals surface area contributed by atoms with Crippen molar-refractivity contribution in [2.45, 2.75) is 33.1 Å². The molecule has 164 valence electrons. The van der Waals surface area contributed by atoms with Crippen molar-refractivity contribution < 1.29 is 23.1 Å². The Labute approximate surface area is 184 Å². The van der Waals surface area contributed by atoms with E-state index in [1.165, 1.54) is 25.1 Å². The van der Waals surface area contributed by atoms with Gasteiger partial charge in [-0.3, -0.25) is 9.48 Å². The van der Waals surface area contributed by atoms with E-state index in [4.69, 9.17) is 23.2 Å². The fourth-order valence-electron chi connectivity index (χ4n) is 3.35. The van der Waals surface area contributed by atoms with Crippen LogP contribution in [-0.4, -0.2) is 25.4 Å². The molecule has 0 aliphatic rings. The molecule has 0 fully saturated rings. The number of hydrogen-bond acceptors (Lipinski definition) is 3. The van der Waals surface area contributed by atoms with E-state index in [-0.39, 0.29) is 34.4 Å². The van der Waals surface area contributed by atoms with Gasteiger partial charge in [0.1, 0.15) is 5.56 Å². The molecule has 0 radical (unpaired) electrons. The van der Waals surface area contributed by atoms with Gasteiger partial charge >= 0.3 is 12.1 Å². The Morgan fingerprint density at radius 1 is 1.19 bits per heavy atom. The normalized spacial score (nSPS) is 11.7. The maximum atomic E-state index is 12.9. The smallest absolute Gasteiger partial charge is 0.435 e. The van der Waals surface area contributed by atoms with Crippen LogP contribution in [0.4, 0.5) is 13.2 Å². The van der Waals surface area contributed by atoms with Crippen molar-refractivity contribution >= 4 is 29.2 Å². The molecule has 2 aromatic heterocycles. The van der Waals surface area contributed by atoms with Crippen molar-refractivity contribution in [1.29, 1.82) is 0 Å². The van der Waals surface area contributed by atoms with E-state index in [1.54, 1.807) is 11.5 Å². The molecule has 0 atom stereocenters. The van der Waals surface area contributed by atoms with Crippen molar-refractivity contribution in [3.63, 3.8) is 0 Å². The molecule has 0 aliphatic carbocycles. The summed E-state index contributed by atoms with van der Waals surface area (Å²) in [5, 5.41) is 13.7. The predicted octanol–water partition coefficient (Wildman–Crippen LogP) is 5.11. The molecule has 11 heteroatoms. The van der Waals surface area contributed by atoms with Crippen molar-refractivity contribution in [2.75, 3.05) is 0 Å². The first kappa shape index (κ1) is 22.9. The highest BCUT2D eigenvalue weighted by molar-refractivity contribution is 6.42. The summed E-state index contributed by atoms with van der Waals surface area (Å²) in [5.41, 5.74) is -1.41. The first-order chi connectivity index (χ1) is 14.5. The van der Waals surface area contributed by atoms with Crippen LogP contribution >= 0.6 is 23.2 Å². The average molecular weight is 474 g/mol. The van der Waals surface area contributed by atoms with E-state index >= 15 is 0 Å². The summed E-state index contributed by atoms with van der Waals surface area (Å²) in [5.74, 6) is -1.43. The number of carboxylic acid groups (broad SMARTS) is 1. The van der Waals surface area contributed by atoms with Crippen LogP contribution in [0.2, 0.25) is 10.0 Å². The summed E-state index contributed by atoms with van der Waals surface area (Å²) < 4.78 is 41.3. The summed E-state index contributed by atoms with van der Waals surface area (Å²) in [4.78, 5) is 24.9. The number of alkyl halides is 3. The second kappa shape index (κ2) is 8.39. The Morgan fingerprint density at radius 2 is 1.87 bits per heavy atom. The zero-order chi connectivity index (χ0) is 23.1. The second-order valence-electron chi connectivity index (χ2n) is 6.70. The first-order valence-electron chi connectivity index (χ1n) is 9.01. The van der Waals surface area contributed by atoms with E-state index in [1.807, 2.05) is 0 Å². The van der Waals surface area contributed by atoms with Crippen LogP contribution in [0.25, 0.3) is 11.3 Å². The van der Waals surface area contributed by atoms with E-state index < -0.39 is 28.8 Å². The number of hydrogen-bond donors (Lipinski definition) is 1. The standard InChI is InChI=1S/C20H16Cl2F3N3O3/c1-3-28-14(9-27-7-6-15(26-27)20(23,24)25)10(2)18(29)16(19(30)31)17(28)11-4-5-12(21)13(22)8-11/h4-8H,3,9H2,1-2H3,(H,30,31). The van der Waals surface area contributed by atoms with E-state index in [0.29, 0.717) is 11.3 Å². The molecule has 0 aliphatic heterocycles. The highest BCUT2D eigenvalue weighted by Gasteiger charge is 2.33. The Morgan fingerprint density at radius 3 is 2.39 bits per heavy atom. The van der Waals surface area contributed by atoms with Crippen molar-refractivity contribution in [3.05, 3.63) is 73.2 Å². The SMILES string of the molecule is CCn1c(Cn2ccc(C(F)(F)F)n2)c(C)c(=O)c(C(=O)O)c1-c1ccc(Cl)c(Cl)c1. The van der Waals surface area contributed by atoms with Gasteiger partial charge in [-0.1, -0.05) is 29.3 Å². The van der Waals surface area contributed by atoms with Gasteiger partial charge in [0, 0.05) is 29.6 Å². The number of carbonyl (C=O) groups is 1. The number of nitrogens with zero attached hydrogens (tertiary/aromatic N) is 3. The zero-order valence-electron chi connectivity index (χ0n) is 16.3. The molecule has 1 aromatic carbocycles. The van der Waals surface area contributed by atoms with Gasteiger partial charge in [0.05, 0.1) is 22.3 Å². The van der Waals surface area contributed by atoms with Crippen molar-refractivity contribution in [2.24, 2.45) is 0 Å². The van der Waals surface area contributed by atoms with Crippen LogP contribution in [0, 0.1) is 6.92 Å². The highest BCUT2D eigenvalue weighted by atomic mass is 35.5. The number of aromatic nitrogens is 3. The minimum atomic E-state index is -4.61. The van der Waals surface area contributed by atoms with Gasteiger partial charge in [0.25, 0.3) is 0 Å². The van der Waals surface area contributed by atoms with E-state index in [2.05, 4.69) is 5.10 Å². The van der Waals surface area contributed by atoms with E-state index in [0.717, 1.165) is 16.9 Å². The molecule has 1 N–H and O–H groups in total. The van der Waals surface area contributed by atoms with Crippen LogP contribution in [0.15, 0.2) is 35.3 Å². The topological polar surface area (TPSA) is 77.1 Å². The van der Waals surface area contributed by atoms with Gasteiger partial charge < -0.3 is 9.67 Å². The fourth-order valence-corrected chi connectivity index (χ4v) is 3.65. The average Bonchev–Trinajstić information content (AvgIpc) is 3.16. The number of rotatable bonds is 5. The van der Waals surface area contributed by atoms with Crippen LogP contribution in [0.1, 0.15) is 34.2 Å². The lowest BCUT2D eigenvalue weighted by molar-refractivity contribution is -0.141. The molecule has 0 saturated heterocycles. The van der Waals surface area contributed by atoms with Crippen LogP contribution in [0.3, 0.4) is 0 Å². The van der Waals surface area contributed by atoms with Gasteiger partial charge in [-0.25, -0.2) is 4.79 Å².